The van der Waals surface area contributed by atoms with E-state index in [1.54, 1.807) is 0 Å². The van der Waals surface area contributed by atoms with Gasteiger partial charge in [0.2, 0.25) is 0 Å². The minimum absolute atomic E-state index is 0.0139. The lowest BCUT2D eigenvalue weighted by atomic mass is 9.95. The van der Waals surface area contributed by atoms with Gasteiger partial charge in [-0.25, -0.2) is 9.97 Å². The van der Waals surface area contributed by atoms with Crippen molar-refractivity contribution >= 4 is 21.7 Å². The van der Waals surface area contributed by atoms with Gasteiger partial charge in [0.05, 0.1) is 15.6 Å². The zero-order valence-electron chi connectivity index (χ0n) is 10.9. The van der Waals surface area contributed by atoms with Crippen molar-refractivity contribution in [1.82, 2.24) is 9.97 Å². The second-order valence-corrected chi connectivity index (χ2v) is 5.79. The lowest BCUT2D eigenvalue weighted by Crippen LogP contribution is -2.16. The summed E-state index contributed by atoms with van der Waals surface area (Å²) in [5, 5.41) is 0. The van der Waals surface area contributed by atoms with Crippen LogP contribution in [0, 0.1) is 0 Å². The lowest BCUT2D eigenvalue weighted by Gasteiger charge is -2.16. The monoisotopic (exact) mass is 317 g/mol. The summed E-state index contributed by atoms with van der Waals surface area (Å²) in [6.07, 6.45) is 3.05. The predicted molar refractivity (Wildman–Crippen MR) is 80.0 cm³/mol. The predicted octanol–water partition coefficient (Wildman–Crippen LogP) is 3.46. The maximum Gasteiger partial charge on any atom is 0.141 e. The Morgan fingerprint density at radius 2 is 1.89 bits per heavy atom. The number of nitrogen functional groups attached to an aromatic ring is 1. The first-order chi connectivity index (χ1) is 9.17. The minimum atomic E-state index is -0.0139. The van der Waals surface area contributed by atoms with E-state index in [9.17, 15) is 0 Å². The lowest BCUT2D eigenvalue weighted by molar-refractivity contribution is 0.741. The normalized spacial score (nSPS) is 16.3. The van der Waals surface area contributed by atoms with Crippen molar-refractivity contribution < 1.29 is 0 Å². The van der Waals surface area contributed by atoms with Crippen molar-refractivity contribution in [2.75, 3.05) is 5.73 Å². The molecule has 1 fully saturated rings. The largest absolute Gasteiger partial charge is 0.383 e. The van der Waals surface area contributed by atoms with Crippen LogP contribution in [0.1, 0.15) is 36.8 Å². The Kier molecular flexibility index (Phi) is 3.05. The summed E-state index contributed by atoms with van der Waals surface area (Å²) >= 11 is 3.47. The number of aryl methyl sites for hydroxylation is 1. The highest BCUT2D eigenvalue weighted by Gasteiger charge is 2.48. The Labute approximate surface area is 121 Å². The molecule has 0 saturated heterocycles. The van der Waals surface area contributed by atoms with Crippen molar-refractivity contribution in [3.05, 3.63) is 51.9 Å². The first-order valence-corrected chi connectivity index (χ1v) is 7.34. The first kappa shape index (κ1) is 12.6. The quantitative estimate of drug-likeness (QED) is 0.943. The molecule has 4 heteroatoms. The van der Waals surface area contributed by atoms with Gasteiger partial charge in [0.25, 0.3) is 0 Å². The van der Waals surface area contributed by atoms with Gasteiger partial charge >= 0.3 is 0 Å². The topological polar surface area (TPSA) is 51.8 Å². The highest BCUT2D eigenvalue weighted by atomic mass is 79.9. The first-order valence-electron chi connectivity index (χ1n) is 6.55. The number of hydrogen-bond donors (Lipinski definition) is 1. The SMILES string of the molecule is CCc1nc(C2(c3ccccc3)CC2)nc(N)c1Br. The maximum atomic E-state index is 6.00. The van der Waals surface area contributed by atoms with Gasteiger partial charge in [-0.2, -0.15) is 0 Å². The van der Waals surface area contributed by atoms with Crippen LogP contribution in [0.2, 0.25) is 0 Å². The molecule has 98 valence electrons. The molecule has 3 nitrogen and oxygen atoms in total. The molecule has 0 amide bonds. The van der Waals surface area contributed by atoms with Gasteiger partial charge in [0.1, 0.15) is 11.6 Å². The number of anilines is 1. The highest BCUT2D eigenvalue weighted by molar-refractivity contribution is 9.10. The van der Waals surface area contributed by atoms with E-state index in [2.05, 4.69) is 52.1 Å². The zero-order valence-corrected chi connectivity index (χ0v) is 12.4. The van der Waals surface area contributed by atoms with Crippen LogP contribution < -0.4 is 5.73 Å². The van der Waals surface area contributed by atoms with Crippen LogP contribution in [-0.2, 0) is 11.8 Å². The van der Waals surface area contributed by atoms with Crippen LogP contribution in [0.15, 0.2) is 34.8 Å². The van der Waals surface area contributed by atoms with Gasteiger partial charge < -0.3 is 5.73 Å². The summed E-state index contributed by atoms with van der Waals surface area (Å²) in [5.74, 6) is 1.42. The molecule has 19 heavy (non-hydrogen) atoms. The summed E-state index contributed by atoms with van der Waals surface area (Å²) in [7, 11) is 0. The Bertz CT molecular complexity index is 606. The molecule has 1 aliphatic carbocycles. The second kappa shape index (κ2) is 4.60. The van der Waals surface area contributed by atoms with Crippen LogP contribution in [0.3, 0.4) is 0 Å². The number of aromatic nitrogens is 2. The number of halogens is 1. The molecule has 1 aliphatic rings. The van der Waals surface area contributed by atoms with Crippen molar-refractivity contribution in [1.29, 1.82) is 0 Å². The fourth-order valence-corrected chi connectivity index (χ4v) is 2.94. The summed E-state index contributed by atoms with van der Waals surface area (Å²) < 4.78 is 0.836. The summed E-state index contributed by atoms with van der Waals surface area (Å²) in [6, 6.07) is 10.5. The molecule has 0 unspecified atom stereocenters. The Morgan fingerprint density at radius 3 is 2.47 bits per heavy atom. The molecule has 1 saturated carbocycles. The molecule has 2 aromatic rings. The fraction of sp³-hybridized carbons (Fsp3) is 0.333. The standard InChI is InChI=1S/C15H16BrN3/c1-2-11-12(16)13(17)19-14(18-11)15(8-9-15)10-6-4-3-5-7-10/h3-7H,2,8-9H2,1H3,(H2,17,18,19). The zero-order chi connectivity index (χ0) is 13.5. The second-order valence-electron chi connectivity index (χ2n) is 4.99. The highest BCUT2D eigenvalue weighted by Crippen LogP contribution is 2.52. The maximum absolute atomic E-state index is 6.00. The van der Waals surface area contributed by atoms with Crippen molar-refractivity contribution in [2.24, 2.45) is 0 Å². The van der Waals surface area contributed by atoms with Crippen LogP contribution in [-0.4, -0.2) is 9.97 Å². The van der Waals surface area contributed by atoms with Crippen LogP contribution in [0.5, 0.6) is 0 Å². The fourth-order valence-electron chi connectivity index (χ4n) is 2.48. The molecule has 0 radical (unpaired) electrons. The van der Waals surface area contributed by atoms with Crippen LogP contribution >= 0.6 is 15.9 Å². The van der Waals surface area contributed by atoms with Gasteiger partial charge in [0.15, 0.2) is 0 Å². The van der Waals surface area contributed by atoms with Crippen molar-refractivity contribution in [2.45, 2.75) is 31.6 Å². The Morgan fingerprint density at radius 1 is 1.21 bits per heavy atom. The van der Waals surface area contributed by atoms with E-state index in [1.165, 1.54) is 5.56 Å². The number of rotatable bonds is 3. The molecule has 0 aliphatic heterocycles. The van der Waals surface area contributed by atoms with E-state index in [0.29, 0.717) is 5.82 Å². The average molecular weight is 318 g/mol. The van der Waals surface area contributed by atoms with E-state index in [1.807, 2.05) is 6.07 Å². The number of nitrogens with two attached hydrogens (primary N) is 1. The molecule has 1 heterocycles. The van der Waals surface area contributed by atoms with Gasteiger partial charge in [-0.05, 0) is 40.8 Å². The van der Waals surface area contributed by atoms with Crippen molar-refractivity contribution in [3.8, 4) is 0 Å². The summed E-state index contributed by atoms with van der Waals surface area (Å²) in [5.41, 5.74) is 8.27. The Balaban J connectivity index is 2.10. The van der Waals surface area contributed by atoms with Crippen LogP contribution in [0.4, 0.5) is 5.82 Å². The third-order valence-corrected chi connectivity index (χ3v) is 4.65. The molecule has 0 bridgehead atoms. The number of benzene rings is 1. The van der Waals surface area contributed by atoms with E-state index in [-0.39, 0.29) is 5.41 Å². The Hall–Kier alpha value is -1.42. The summed E-state index contributed by atoms with van der Waals surface area (Å²) in [4.78, 5) is 9.24. The minimum Gasteiger partial charge on any atom is -0.383 e. The molecular weight excluding hydrogens is 302 g/mol. The number of nitrogens with zero attached hydrogens (tertiary/aromatic N) is 2. The number of hydrogen-bond acceptors (Lipinski definition) is 3. The van der Waals surface area contributed by atoms with Crippen LogP contribution in [0.25, 0.3) is 0 Å². The third-order valence-electron chi connectivity index (χ3n) is 3.78. The van der Waals surface area contributed by atoms with E-state index in [4.69, 9.17) is 10.7 Å². The van der Waals surface area contributed by atoms with E-state index in [0.717, 1.165) is 35.3 Å². The molecular formula is C15H16BrN3. The van der Waals surface area contributed by atoms with Gasteiger partial charge in [0, 0.05) is 0 Å². The van der Waals surface area contributed by atoms with Crippen molar-refractivity contribution in [3.63, 3.8) is 0 Å². The molecule has 1 aromatic heterocycles. The summed E-state index contributed by atoms with van der Waals surface area (Å²) in [6.45, 7) is 2.08. The molecule has 1 aromatic carbocycles. The van der Waals surface area contributed by atoms with E-state index >= 15 is 0 Å². The average Bonchev–Trinajstić information content (AvgIpc) is 3.24. The molecule has 3 rings (SSSR count). The smallest absolute Gasteiger partial charge is 0.141 e. The third kappa shape index (κ3) is 2.04. The van der Waals surface area contributed by atoms with Gasteiger partial charge in [-0.15, -0.1) is 0 Å². The molecule has 0 spiro atoms. The van der Waals surface area contributed by atoms with Gasteiger partial charge in [-0.3, -0.25) is 0 Å². The van der Waals surface area contributed by atoms with E-state index < -0.39 is 0 Å². The molecule has 2 N–H and O–H groups in total. The molecule has 0 atom stereocenters. The van der Waals surface area contributed by atoms with Gasteiger partial charge in [-0.1, -0.05) is 37.3 Å².